The van der Waals surface area contributed by atoms with Gasteiger partial charge in [0.25, 0.3) is 0 Å². The lowest BCUT2D eigenvalue weighted by molar-refractivity contribution is -0.120. The van der Waals surface area contributed by atoms with Crippen molar-refractivity contribution < 1.29 is 4.79 Å². The summed E-state index contributed by atoms with van der Waals surface area (Å²) >= 11 is 0. The Labute approximate surface area is 248 Å². The van der Waals surface area contributed by atoms with Gasteiger partial charge in [0, 0.05) is 64.6 Å². The van der Waals surface area contributed by atoms with Gasteiger partial charge in [-0.2, -0.15) is 0 Å². The fraction of sp³-hybridized carbons (Fsp3) is 0.273. The molecule has 0 radical (unpaired) electrons. The third kappa shape index (κ3) is 4.78. The molecule has 2 aliphatic heterocycles. The van der Waals surface area contributed by atoms with Gasteiger partial charge in [0.05, 0.1) is 41.7 Å². The standard InChI is InChI=1S/C33H31N9O/c34-22-8-9-24(20-7-4-10-35-14-20)30-27(12-22)39-32(41-30)31-25-13-26(37-17-28(25)42-18-29(42)40-31)21-11-23(16-36-15-21)38-33(43)19-5-2-1-3-6-19/h4,7-11,13-17,19,29H,1-3,5-6,12,18,34H2,(H,38,43)(H,39,41). The Morgan fingerprint density at radius 2 is 1.91 bits per heavy atom. The van der Waals surface area contributed by atoms with Crippen molar-refractivity contribution in [2.24, 2.45) is 16.6 Å². The van der Waals surface area contributed by atoms with Crippen LogP contribution in [0.2, 0.25) is 0 Å². The van der Waals surface area contributed by atoms with Gasteiger partial charge in [0.2, 0.25) is 5.91 Å². The molecule has 1 saturated heterocycles. The van der Waals surface area contributed by atoms with Gasteiger partial charge < -0.3 is 20.9 Å². The summed E-state index contributed by atoms with van der Waals surface area (Å²) < 4.78 is 0. The van der Waals surface area contributed by atoms with E-state index >= 15 is 0 Å². The number of nitrogens with one attached hydrogen (secondary N) is 2. The van der Waals surface area contributed by atoms with E-state index in [2.05, 4.69) is 25.2 Å². The molecular formula is C33H31N9O. The van der Waals surface area contributed by atoms with Crippen molar-refractivity contribution >= 4 is 28.6 Å². The minimum atomic E-state index is 0.0707. The minimum Gasteiger partial charge on any atom is -0.402 e. The molecule has 1 saturated carbocycles. The van der Waals surface area contributed by atoms with Crippen molar-refractivity contribution in [1.29, 1.82) is 0 Å². The molecular weight excluding hydrogens is 538 g/mol. The lowest BCUT2D eigenvalue weighted by Crippen LogP contribution is -2.24. The largest absolute Gasteiger partial charge is 0.402 e. The number of aliphatic imine (C=N–C) groups is 1. The van der Waals surface area contributed by atoms with Crippen molar-refractivity contribution in [1.82, 2.24) is 24.9 Å². The van der Waals surface area contributed by atoms with E-state index < -0.39 is 0 Å². The Morgan fingerprint density at radius 3 is 2.77 bits per heavy atom. The van der Waals surface area contributed by atoms with E-state index in [1.165, 1.54) is 6.42 Å². The number of anilines is 2. The third-order valence-corrected chi connectivity index (χ3v) is 8.66. The van der Waals surface area contributed by atoms with Crippen LogP contribution in [0.4, 0.5) is 11.4 Å². The van der Waals surface area contributed by atoms with Gasteiger partial charge in [-0.1, -0.05) is 31.4 Å². The van der Waals surface area contributed by atoms with Crippen LogP contribution in [0.15, 0.2) is 78.1 Å². The number of H-pyrrole nitrogens is 1. The number of pyridine rings is 3. The molecule has 2 fully saturated rings. The predicted octanol–water partition coefficient (Wildman–Crippen LogP) is 4.61. The maximum atomic E-state index is 12.9. The molecule has 43 heavy (non-hydrogen) atoms. The number of imidazole rings is 1. The first kappa shape index (κ1) is 25.6. The first-order chi connectivity index (χ1) is 21.1. The van der Waals surface area contributed by atoms with Gasteiger partial charge in [-0.15, -0.1) is 0 Å². The van der Waals surface area contributed by atoms with Gasteiger partial charge in [-0.05, 0) is 37.1 Å². The SMILES string of the molecule is NC1=CC=C(c2cccnc2)c2nc(C3=NC4CN4c4cnc(-c5cncc(NC(=O)C6CCCCC6)c5)cc43)[nH]c2C1. The molecule has 214 valence electrons. The molecule has 10 heteroatoms. The van der Waals surface area contributed by atoms with Crippen LogP contribution in [0.5, 0.6) is 0 Å². The third-order valence-electron chi connectivity index (χ3n) is 8.66. The highest BCUT2D eigenvalue weighted by Gasteiger charge is 2.41. The smallest absolute Gasteiger partial charge is 0.227 e. The lowest BCUT2D eigenvalue weighted by atomic mass is 9.88. The Hall–Kier alpha value is -5.12. The van der Waals surface area contributed by atoms with Gasteiger partial charge in [-0.25, -0.2) is 4.98 Å². The number of hydrogen-bond acceptors (Lipinski definition) is 8. The van der Waals surface area contributed by atoms with E-state index in [9.17, 15) is 4.79 Å². The fourth-order valence-corrected chi connectivity index (χ4v) is 6.35. The predicted molar refractivity (Wildman–Crippen MR) is 165 cm³/mol. The van der Waals surface area contributed by atoms with Crippen molar-refractivity contribution in [2.45, 2.75) is 44.7 Å². The zero-order valence-corrected chi connectivity index (χ0v) is 23.6. The van der Waals surface area contributed by atoms with Crippen molar-refractivity contribution in [2.75, 3.05) is 16.8 Å². The molecule has 1 amide bonds. The van der Waals surface area contributed by atoms with Crippen LogP contribution < -0.4 is 16.0 Å². The number of allylic oxidation sites excluding steroid dienone is 3. The molecule has 4 aromatic heterocycles. The fourth-order valence-electron chi connectivity index (χ4n) is 6.35. The number of carbonyl (C=O) groups excluding carboxylic acids is 1. The van der Waals surface area contributed by atoms with Crippen LogP contribution >= 0.6 is 0 Å². The number of amides is 1. The van der Waals surface area contributed by atoms with Crippen LogP contribution in [0.25, 0.3) is 16.8 Å². The second-order valence-electron chi connectivity index (χ2n) is 11.6. The van der Waals surface area contributed by atoms with E-state index in [0.29, 0.717) is 17.9 Å². The summed E-state index contributed by atoms with van der Waals surface area (Å²) in [5, 5.41) is 3.09. The number of nitrogens with two attached hydrogens (primary N) is 1. The normalized spacial score (nSPS) is 19.2. The van der Waals surface area contributed by atoms with Crippen LogP contribution in [-0.2, 0) is 11.2 Å². The summed E-state index contributed by atoms with van der Waals surface area (Å²) in [6, 6.07) is 7.94. The molecule has 0 bridgehead atoms. The van der Waals surface area contributed by atoms with Crippen LogP contribution in [0.3, 0.4) is 0 Å². The average molecular weight is 570 g/mol. The summed E-state index contributed by atoms with van der Waals surface area (Å²) in [4.78, 5) is 42.4. The van der Waals surface area contributed by atoms with Crippen molar-refractivity contribution in [3.63, 3.8) is 0 Å². The molecule has 1 atom stereocenters. The monoisotopic (exact) mass is 569 g/mol. The Kier molecular flexibility index (Phi) is 6.13. The molecule has 1 unspecified atom stereocenters. The zero-order chi connectivity index (χ0) is 28.9. The molecule has 8 rings (SSSR count). The number of aromatic nitrogens is 5. The number of aromatic amines is 1. The van der Waals surface area contributed by atoms with Gasteiger partial charge in [-0.3, -0.25) is 24.7 Å². The maximum Gasteiger partial charge on any atom is 0.227 e. The topological polar surface area (TPSA) is 138 Å². The summed E-state index contributed by atoms with van der Waals surface area (Å²) in [6.07, 6.45) is 18.9. The molecule has 4 N–H and O–H groups in total. The molecule has 4 aliphatic rings. The molecule has 0 spiro atoms. The van der Waals surface area contributed by atoms with Gasteiger partial charge >= 0.3 is 0 Å². The highest BCUT2D eigenvalue weighted by molar-refractivity contribution is 6.16. The van der Waals surface area contributed by atoms with Gasteiger partial charge in [0.15, 0.2) is 5.82 Å². The molecule has 2 aliphatic carbocycles. The van der Waals surface area contributed by atoms with Crippen molar-refractivity contribution in [3.05, 3.63) is 101 Å². The minimum absolute atomic E-state index is 0.0707. The quantitative estimate of drug-likeness (QED) is 0.299. The highest BCUT2D eigenvalue weighted by Crippen LogP contribution is 2.40. The van der Waals surface area contributed by atoms with Crippen LogP contribution in [0, 0.1) is 5.92 Å². The van der Waals surface area contributed by atoms with E-state index in [-0.39, 0.29) is 18.0 Å². The first-order valence-electron chi connectivity index (χ1n) is 14.9. The average Bonchev–Trinajstić information content (AvgIpc) is 3.76. The number of nitrogens with zero attached hydrogens (tertiary/aromatic N) is 6. The number of carbonyl (C=O) groups is 1. The maximum absolute atomic E-state index is 12.9. The highest BCUT2D eigenvalue weighted by atomic mass is 16.1. The molecule has 0 aromatic carbocycles. The zero-order valence-electron chi connectivity index (χ0n) is 23.6. The van der Waals surface area contributed by atoms with E-state index in [1.807, 2.05) is 48.8 Å². The van der Waals surface area contributed by atoms with Crippen LogP contribution in [-0.4, -0.2) is 49.2 Å². The van der Waals surface area contributed by atoms with E-state index in [1.54, 1.807) is 18.6 Å². The summed E-state index contributed by atoms with van der Waals surface area (Å²) in [6.45, 7) is 0.846. The van der Waals surface area contributed by atoms with E-state index in [4.69, 9.17) is 20.7 Å². The number of fused-ring (bicyclic) bond motifs is 4. The molecule has 4 aromatic rings. The lowest BCUT2D eigenvalue weighted by Gasteiger charge is -2.21. The second kappa shape index (κ2) is 10.3. The molecule has 10 nitrogen and oxygen atoms in total. The van der Waals surface area contributed by atoms with E-state index in [0.717, 1.165) is 88.7 Å². The summed E-state index contributed by atoms with van der Waals surface area (Å²) in [5.74, 6) is 0.847. The summed E-state index contributed by atoms with van der Waals surface area (Å²) in [5.41, 5.74) is 15.9. The Balaban J connectivity index is 1.14. The van der Waals surface area contributed by atoms with Crippen molar-refractivity contribution in [3.8, 4) is 11.3 Å². The summed E-state index contributed by atoms with van der Waals surface area (Å²) in [7, 11) is 0. The number of rotatable bonds is 5. The first-order valence-corrected chi connectivity index (χ1v) is 14.9. The Bertz CT molecular complexity index is 1830. The Morgan fingerprint density at radius 1 is 1.02 bits per heavy atom. The second-order valence-corrected chi connectivity index (χ2v) is 11.6. The number of hydrogen-bond donors (Lipinski definition) is 3. The van der Waals surface area contributed by atoms with Crippen LogP contribution in [0.1, 0.15) is 60.4 Å². The van der Waals surface area contributed by atoms with Gasteiger partial charge in [0.1, 0.15) is 11.9 Å². The molecule has 6 heterocycles.